The average Bonchev–Trinajstić information content (AvgIpc) is 2.96. The second-order valence-electron chi connectivity index (χ2n) is 5.65. The van der Waals surface area contributed by atoms with Crippen LogP contribution in [0.3, 0.4) is 0 Å². The Morgan fingerprint density at radius 1 is 1.35 bits per heavy atom. The molecule has 6 nitrogen and oxygen atoms in total. The zero-order valence-electron chi connectivity index (χ0n) is 12.1. The summed E-state index contributed by atoms with van der Waals surface area (Å²) in [6.45, 7) is 0.848. The van der Waals surface area contributed by atoms with Crippen LogP contribution in [0.2, 0.25) is 0 Å². The van der Waals surface area contributed by atoms with Crippen LogP contribution in [0.4, 0.5) is 0 Å². The number of hydrogen-bond acceptors (Lipinski definition) is 4. The fraction of sp³-hybridized carbons (Fsp3) is 0.714. The van der Waals surface area contributed by atoms with E-state index in [2.05, 4.69) is 5.32 Å². The molecule has 1 aromatic heterocycles. The second kappa shape index (κ2) is 6.37. The summed E-state index contributed by atoms with van der Waals surface area (Å²) in [6, 6.07) is 0. The number of rotatable bonds is 5. The van der Waals surface area contributed by atoms with Crippen LogP contribution in [0.25, 0.3) is 0 Å². The van der Waals surface area contributed by atoms with Gasteiger partial charge in [-0.25, -0.2) is 4.79 Å². The van der Waals surface area contributed by atoms with Crippen LogP contribution < -0.4 is 16.6 Å². The summed E-state index contributed by atoms with van der Waals surface area (Å²) >= 11 is 0. The van der Waals surface area contributed by atoms with Gasteiger partial charge in [-0.2, -0.15) is 0 Å². The van der Waals surface area contributed by atoms with Crippen molar-refractivity contribution in [1.82, 2.24) is 14.5 Å². The summed E-state index contributed by atoms with van der Waals surface area (Å²) in [7, 11) is 3.10. The van der Waals surface area contributed by atoms with E-state index in [0.29, 0.717) is 24.6 Å². The van der Waals surface area contributed by atoms with Gasteiger partial charge in [0, 0.05) is 38.9 Å². The summed E-state index contributed by atoms with van der Waals surface area (Å²) in [5.74, 6) is 0.380. The average molecular weight is 281 g/mol. The van der Waals surface area contributed by atoms with Crippen LogP contribution >= 0.6 is 0 Å². The van der Waals surface area contributed by atoms with E-state index in [9.17, 15) is 14.7 Å². The Labute approximate surface area is 118 Å². The number of aryl methyl sites for hydroxylation is 1. The van der Waals surface area contributed by atoms with E-state index in [1.807, 2.05) is 0 Å². The molecular formula is C14H23N3O3. The topological polar surface area (TPSA) is 76.3 Å². The molecule has 1 atom stereocenters. The molecule has 0 bridgehead atoms. The van der Waals surface area contributed by atoms with Crippen molar-refractivity contribution in [1.29, 1.82) is 0 Å². The first-order valence-corrected chi connectivity index (χ1v) is 7.15. The minimum absolute atomic E-state index is 0.282. The molecule has 1 heterocycles. The standard InChI is InChI=1S/C14H23N3O3/c1-16-9-11(13(19)17(2)14(16)20)7-15-8-12(18)10-5-3-4-6-10/h9-10,12,15,18H,3-8H2,1-2H3. The molecule has 20 heavy (non-hydrogen) atoms. The highest BCUT2D eigenvalue weighted by Gasteiger charge is 2.22. The third kappa shape index (κ3) is 3.19. The summed E-state index contributed by atoms with van der Waals surface area (Å²) in [4.78, 5) is 23.5. The first kappa shape index (κ1) is 15.0. The number of aliphatic hydroxyl groups excluding tert-OH is 1. The van der Waals surface area contributed by atoms with Crippen LogP contribution in [0.1, 0.15) is 31.2 Å². The zero-order valence-corrected chi connectivity index (χ0v) is 12.1. The highest BCUT2D eigenvalue weighted by atomic mass is 16.3. The monoisotopic (exact) mass is 281 g/mol. The van der Waals surface area contributed by atoms with Gasteiger partial charge in [-0.15, -0.1) is 0 Å². The van der Waals surface area contributed by atoms with E-state index >= 15 is 0 Å². The van der Waals surface area contributed by atoms with E-state index in [1.54, 1.807) is 13.2 Å². The van der Waals surface area contributed by atoms with E-state index in [1.165, 1.54) is 24.5 Å². The molecule has 1 fully saturated rings. The lowest BCUT2D eigenvalue weighted by molar-refractivity contribution is 0.109. The molecule has 0 spiro atoms. The van der Waals surface area contributed by atoms with Crippen molar-refractivity contribution < 1.29 is 5.11 Å². The van der Waals surface area contributed by atoms with E-state index in [4.69, 9.17) is 0 Å². The molecule has 0 aliphatic heterocycles. The number of hydrogen-bond donors (Lipinski definition) is 2. The third-order valence-electron chi connectivity index (χ3n) is 4.13. The minimum atomic E-state index is -0.353. The van der Waals surface area contributed by atoms with Crippen molar-refractivity contribution in [2.75, 3.05) is 6.54 Å². The lowest BCUT2D eigenvalue weighted by Gasteiger charge is -2.18. The Morgan fingerprint density at radius 2 is 2.00 bits per heavy atom. The minimum Gasteiger partial charge on any atom is -0.392 e. The van der Waals surface area contributed by atoms with Gasteiger partial charge in [-0.1, -0.05) is 12.8 Å². The predicted octanol–water partition coefficient (Wildman–Crippen LogP) is -0.275. The Morgan fingerprint density at radius 3 is 2.65 bits per heavy atom. The molecule has 6 heteroatoms. The molecule has 2 N–H and O–H groups in total. The van der Waals surface area contributed by atoms with Gasteiger partial charge in [0.25, 0.3) is 5.56 Å². The van der Waals surface area contributed by atoms with Crippen molar-refractivity contribution in [3.8, 4) is 0 Å². The van der Waals surface area contributed by atoms with Crippen molar-refractivity contribution in [2.24, 2.45) is 20.0 Å². The molecule has 0 radical (unpaired) electrons. The molecule has 1 aliphatic carbocycles. The van der Waals surface area contributed by atoms with Gasteiger partial charge in [-0.05, 0) is 18.8 Å². The zero-order chi connectivity index (χ0) is 14.7. The van der Waals surface area contributed by atoms with E-state index in [0.717, 1.165) is 17.4 Å². The molecule has 1 unspecified atom stereocenters. The highest BCUT2D eigenvalue weighted by molar-refractivity contribution is 5.05. The lowest BCUT2D eigenvalue weighted by Crippen LogP contribution is -2.40. The fourth-order valence-electron chi connectivity index (χ4n) is 2.87. The Hall–Kier alpha value is -1.40. The number of aromatic nitrogens is 2. The van der Waals surface area contributed by atoms with Crippen LogP contribution in [0, 0.1) is 5.92 Å². The molecule has 1 saturated carbocycles. The highest BCUT2D eigenvalue weighted by Crippen LogP contribution is 2.27. The number of aliphatic hydroxyl groups is 1. The SMILES string of the molecule is Cn1cc(CNCC(O)C2CCCC2)c(=O)n(C)c1=O. The largest absolute Gasteiger partial charge is 0.392 e. The molecule has 0 amide bonds. The van der Waals surface area contributed by atoms with Crippen LogP contribution in [-0.4, -0.2) is 26.9 Å². The Balaban J connectivity index is 1.94. The third-order valence-corrected chi connectivity index (χ3v) is 4.13. The molecule has 2 rings (SSSR count). The summed E-state index contributed by atoms with van der Waals surface area (Å²) in [5, 5.41) is 13.2. The summed E-state index contributed by atoms with van der Waals surface area (Å²) < 4.78 is 2.50. The maximum Gasteiger partial charge on any atom is 0.330 e. The molecule has 1 aromatic rings. The normalized spacial score (nSPS) is 17.6. The van der Waals surface area contributed by atoms with Gasteiger partial charge in [0.15, 0.2) is 0 Å². The van der Waals surface area contributed by atoms with Gasteiger partial charge in [0.1, 0.15) is 0 Å². The van der Waals surface area contributed by atoms with Crippen molar-refractivity contribution in [3.63, 3.8) is 0 Å². The first-order valence-electron chi connectivity index (χ1n) is 7.15. The number of nitrogens with zero attached hydrogens (tertiary/aromatic N) is 2. The first-order chi connectivity index (χ1) is 9.50. The van der Waals surface area contributed by atoms with Gasteiger partial charge < -0.3 is 15.0 Å². The van der Waals surface area contributed by atoms with E-state index < -0.39 is 0 Å². The van der Waals surface area contributed by atoms with Crippen LogP contribution in [0.15, 0.2) is 15.8 Å². The maximum atomic E-state index is 11.9. The van der Waals surface area contributed by atoms with Gasteiger partial charge >= 0.3 is 5.69 Å². The molecule has 1 aliphatic rings. The van der Waals surface area contributed by atoms with Crippen LogP contribution in [0.5, 0.6) is 0 Å². The van der Waals surface area contributed by atoms with Gasteiger partial charge in [0.05, 0.1) is 6.10 Å². The molecular weight excluding hydrogens is 258 g/mol. The molecule has 0 aromatic carbocycles. The van der Waals surface area contributed by atoms with E-state index in [-0.39, 0.29) is 17.4 Å². The van der Waals surface area contributed by atoms with Crippen molar-refractivity contribution in [3.05, 3.63) is 32.6 Å². The maximum absolute atomic E-state index is 11.9. The lowest BCUT2D eigenvalue weighted by atomic mass is 10.0. The predicted molar refractivity (Wildman–Crippen MR) is 76.6 cm³/mol. The Kier molecular flexibility index (Phi) is 4.77. The van der Waals surface area contributed by atoms with Gasteiger partial charge in [0.2, 0.25) is 0 Å². The van der Waals surface area contributed by atoms with Crippen LogP contribution in [-0.2, 0) is 20.6 Å². The Bertz CT molecular complexity index is 570. The number of nitrogens with one attached hydrogen (secondary N) is 1. The van der Waals surface area contributed by atoms with Crippen molar-refractivity contribution >= 4 is 0 Å². The quantitative estimate of drug-likeness (QED) is 0.778. The summed E-state index contributed by atoms with van der Waals surface area (Å²) in [6.07, 6.45) is 5.77. The second-order valence-corrected chi connectivity index (χ2v) is 5.65. The fourth-order valence-corrected chi connectivity index (χ4v) is 2.87. The van der Waals surface area contributed by atoms with Gasteiger partial charge in [-0.3, -0.25) is 9.36 Å². The molecule has 112 valence electrons. The smallest absolute Gasteiger partial charge is 0.330 e. The van der Waals surface area contributed by atoms with Crippen molar-refractivity contribution in [2.45, 2.75) is 38.3 Å². The molecule has 0 saturated heterocycles. The summed E-state index contributed by atoms with van der Waals surface area (Å²) in [5.41, 5.74) is -0.0751.